The lowest BCUT2D eigenvalue weighted by Gasteiger charge is -2.51. The van der Waals surface area contributed by atoms with Gasteiger partial charge in [0.2, 0.25) is 0 Å². The molecule has 5 rings (SSSR count). The Morgan fingerprint density at radius 2 is 1.53 bits per heavy atom. The third-order valence-corrected chi connectivity index (χ3v) is 8.69. The number of carbonyl (C=O) groups excluding carboxylic acids is 1. The summed E-state index contributed by atoms with van der Waals surface area (Å²) in [5.41, 5.74) is 4.33. The van der Waals surface area contributed by atoms with Crippen molar-refractivity contribution in [1.29, 1.82) is 0 Å². The average molecular weight is 488 g/mol. The van der Waals surface area contributed by atoms with Crippen LogP contribution in [0, 0.1) is 0 Å². The average Bonchev–Trinajstić information content (AvgIpc) is 3.20. The van der Waals surface area contributed by atoms with Gasteiger partial charge in [-0.3, -0.25) is 0 Å². The number of nitrogens with zero attached hydrogens (tertiary/aromatic N) is 1. The molecule has 0 radical (unpaired) electrons. The third-order valence-electron chi connectivity index (χ3n) is 8.69. The Balaban J connectivity index is 1.18. The topological polar surface area (TPSA) is 49.8 Å². The SMILES string of the molecule is C=CCCCCCCCC1(O)CC2CCCC(C1)N2C(=O)OCC1c2ccccc2-c2ccccc21. The quantitative estimate of drug-likeness (QED) is 0.277. The highest BCUT2D eigenvalue weighted by Gasteiger charge is 2.47. The van der Waals surface area contributed by atoms with Gasteiger partial charge in [-0.2, -0.15) is 0 Å². The minimum absolute atomic E-state index is 0.0781. The van der Waals surface area contributed by atoms with Crippen LogP contribution in [0.2, 0.25) is 0 Å². The van der Waals surface area contributed by atoms with Crippen molar-refractivity contribution in [3.8, 4) is 11.1 Å². The van der Waals surface area contributed by atoms with Gasteiger partial charge in [-0.1, -0.05) is 80.3 Å². The number of aliphatic hydroxyl groups is 1. The van der Waals surface area contributed by atoms with Gasteiger partial charge in [-0.05, 0) is 73.6 Å². The molecule has 2 aliphatic heterocycles. The summed E-state index contributed by atoms with van der Waals surface area (Å²) < 4.78 is 6.03. The first-order valence-electron chi connectivity index (χ1n) is 14.1. The number of benzene rings is 2. The first-order chi connectivity index (χ1) is 17.6. The second kappa shape index (κ2) is 11.2. The van der Waals surface area contributed by atoms with E-state index in [1.165, 1.54) is 47.9 Å². The standard InChI is InChI=1S/C32H41NO3/c1-2-3-4-5-6-7-12-20-32(35)21-24-14-13-15-25(22-32)33(24)31(34)36-23-30-28-18-10-8-16-26(28)27-17-9-11-19-29(27)30/h2,8-11,16-19,24-25,30,35H,1,3-7,12-15,20-23H2. The first kappa shape index (κ1) is 25.1. The zero-order valence-corrected chi connectivity index (χ0v) is 21.5. The van der Waals surface area contributed by atoms with Crippen LogP contribution in [0.4, 0.5) is 4.79 Å². The van der Waals surface area contributed by atoms with Gasteiger partial charge in [0, 0.05) is 18.0 Å². The summed E-state index contributed by atoms with van der Waals surface area (Å²) in [6, 6.07) is 17.1. The number of amides is 1. The zero-order valence-electron chi connectivity index (χ0n) is 21.5. The number of carbonyl (C=O) groups is 1. The summed E-state index contributed by atoms with van der Waals surface area (Å²) in [6.45, 7) is 4.15. The maximum absolute atomic E-state index is 13.4. The minimum atomic E-state index is -0.642. The van der Waals surface area contributed by atoms with Crippen LogP contribution in [-0.2, 0) is 4.74 Å². The molecule has 0 aromatic heterocycles. The van der Waals surface area contributed by atoms with Crippen molar-refractivity contribution in [3.63, 3.8) is 0 Å². The second-order valence-electron chi connectivity index (χ2n) is 11.2. The van der Waals surface area contributed by atoms with Crippen LogP contribution in [-0.4, -0.2) is 40.4 Å². The van der Waals surface area contributed by atoms with Crippen molar-refractivity contribution in [3.05, 3.63) is 72.3 Å². The number of allylic oxidation sites excluding steroid dienone is 1. The molecule has 3 aliphatic rings. The van der Waals surface area contributed by atoms with Gasteiger partial charge in [-0.15, -0.1) is 6.58 Å². The van der Waals surface area contributed by atoms with Gasteiger partial charge >= 0.3 is 6.09 Å². The molecule has 2 heterocycles. The number of hydrogen-bond acceptors (Lipinski definition) is 3. The highest BCUT2D eigenvalue weighted by molar-refractivity contribution is 5.79. The lowest BCUT2D eigenvalue weighted by atomic mass is 9.73. The maximum atomic E-state index is 13.4. The molecule has 4 heteroatoms. The smallest absolute Gasteiger partial charge is 0.410 e. The van der Waals surface area contributed by atoms with Crippen LogP contribution < -0.4 is 0 Å². The summed E-state index contributed by atoms with van der Waals surface area (Å²) >= 11 is 0. The summed E-state index contributed by atoms with van der Waals surface area (Å²) in [4.78, 5) is 15.4. The summed E-state index contributed by atoms with van der Waals surface area (Å²) in [5.74, 6) is 0.0781. The largest absolute Gasteiger partial charge is 0.448 e. The van der Waals surface area contributed by atoms with Gasteiger partial charge in [0.25, 0.3) is 0 Å². The van der Waals surface area contributed by atoms with E-state index in [2.05, 4.69) is 55.1 Å². The molecule has 2 bridgehead atoms. The number of hydrogen-bond donors (Lipinski definition) is 1. The van der Waals surface area contributed by atoms with E-state index in [1.54, 1.807) is 0 Å². The highest BCUT2D eigenvalue weighted by atomic mass is 16.6. The molecule has 2 aromatic carbocycles. The fraction of sp³-hybridized carbons (Fsp3) is 0.531. The van der Waals surface area contributed by atoms with Crippen LogP contribution in [0.1, 0.15) is 94.1 Å². The molecule has 2 saturated heterocycles. The Bertz CT molecular complexity index is 1000. The number of ether oxygens (including phenoxy) is 1. The predicted molar refractivity (Wildman–Crippen MR) is 145 cm³/mol. The van der Waals surface area contributed by atoms with Gasteiger partial charge in [-0.25, -0.2) is 4.79 Å². The van der Waals surface area contributed by atoms with E-state index in [9.17, 15) is 9.90 Å². The van der Waals surface area contributed by atoms with Crippen LogP contribution in [0.15, 0.2) is 61.2 Å². The van der Waals surface area contributed by atoms with Crippen LogP contribution in [0.5, 0.6) is 0 Å². The van der Waals surface area contributed by atoms with Crippen molar-refractivity contribution in [2.45, 2.75) is 101 Å². The van der Waals surface area contributed by atoms with E-state index in [1.807, 2.05) is 11.0 Å². The Morgan fingerprint density at radius 3 is 2.17 bits per heavy atom. The molecule has 2 unspecified atom stereocenters. The Kier molecular flexibility index (Phi) is 7.81. The minimum Gasteiger partial charge on any atom is -0.448 e. The molecule has 1 N–H and O–H groups in total. The summed E-state index contributed by atoms with van der Waals surface area (Å²) in [6.07, 6.45) is 14.1. The number of rotatable bonds is 10. The molecule has 2 fully saturated rings. The van der Waals surface area contributed by atoms with Crippen molar-refractivity contribution in [2.75, 3.05) is 6.61 Å². The van der Waals surface area contributed by atoms with E-state index in [0.29, 0.717) is 19.4 Å². The van der Waals surface area contributed by atoms with Crippen LogP contribution in [0.3, 0.4) is 0 Å². The van der Waals surface area contributed by atoms with Crippen LogP contribution >= 0.6 is 0 Å². The van der Waals surface area contributed by atoms with Gasteiger partial charge in [0.05, 0.1) is 5.60 Å². The second-order valence-corrected chi connectivity index (χ2v) is 11.2. The van der Waals surface area contributed by atoms with Crippen LogP contribution in [0.25, 0.3) is 11.1 Å². The normalized spacial score (nSPS) is 24.8. The molecule has 0 spiro atoms. The molecule has 1 aliphatic carbocycles. The van der Waals surface area contributed by atoms with Gasteiger partial charge < -0.3 is 14.7 Å². The summed E-state index contributed by atoms with van der Waals surface area (Å²) in [7, 11) is 0. The highest BCUT2D eigenvalue weighted by Crippen LogP contribution is 2.45. The molecule has 1 amide bonds. The van der Waals surface area contributed by atoms with Gasteiger partial charge in [0.1, 0.15) is 6.61 Å². The maximum Gasteiger partial charge on any atom is 0.410 e. The van der Waals surface area contributed by atoms with E-state index >= 15 is 0 Å². The number of unbranched alkanes of at least 4 members (excludes halogenated alkanes) is 5. The molecular formula is C32H41NO3. The Morgan fingerprint density at radius 1 is 0.944 bits per heavy atom. The van der Waals surface area contributed by atoms with Crippen molar-refractivity contribution in [2.24, 2.45) is 0 Å². The van der Waals surface area contributed by atoms with E-state index in [-0.39, 0.29) is 24.1 Å². The van der Waals surface area contributed by atoms with Crippen molar-refractivity contribution < 1.29 is 14.6 Å². The fourth-order valence-corrected chi connectivity index (χ4v) is 6.97. The third kappa shape index (κ3) is 5.25. The molecular weight excluding hydrogens is 446 g/mol. The number of piperidine rings is 2. The molecule has 0 saturated carbocycles. The molecule has 36 heavy (non-hydrogen) atoms. The van der Waals surface area contributed by atoms with E-state index in [4.69, 9.17) is 4.74 Å². The first-order valence-corrected chi connectivity index (χ1v) is 14.1. The Hall–Kier alpha value is -2.59. The van der Waals surface area contributed by atoms with Gasteiger partial charge in [0.15, 0.2) is 0 Å². The van der Waals surface area contributed by atoms with Crippen molar-refractivity contribution in [1.82, 2.24) is 4.90 Å². The van der Waals surface area contributed by atoms with E-state index in [0.717, 1.165) is 38.5 Å². The monoisotopic (exact) mass is 487 g/mol. The lowest BCUT2D eigenvalue weighted by Crippen LogP contribution is -2.60. The lowest BCUT2D eigenvalue weighted by molar-refractivity contribution is -0.0894. The molecule has 192 valence electrons. The molecule has 2 atom stereocenters. The van der Waals surface area contributed by atoms with E-state index < -0.39 is 5.60 Å². The zero-order chi connectivity index (χ0) is 25.0. The molecule has 2 aromatic rings. The summed E-state index contributed by atoms with van der Waals surface area (Å²) in [5, 5.41) is 11.4. The van der Waals surface area contributed by atoms with Crippen molar-refractivity contribution >= 4 is 6.09 Å². The molecule has 4 nitrogen and oxygen atoms in total. The fourth-order valence-electron chi connectivity index (χ4n) is 6.97. The number of fused-ring (bicyclic) bond motifs is 5. The predicted octanol–water partition coefficient (Wildman–Crippen LogP) is 7.60. The Labute approximate surface area is 216 Å².